The third kappa shape index (κ3) is 2.27. The fourth-order valence-corrected chi connectivity index (χ4v) is 3.38. The van der Waals surface area contributed by atoms with Crippen LogP contribution in [0.25, 0.3) is 0 Å². The zero-order chi connectivity index (χ0) is 13.6. The lowest BCUT2D eigenvalue weighted by Crippen LogP contribution is -2.29. The number of halogens is 1. The second-order valence-electron chi connectivity index (χ2n) is 5.19. The van der Waals surface area contributed by atoms with E-state index in [1.165, 1.54) is 5.56 Å². The Balaban J connectivity index is 1.69. The average Bonchev–Trinajstić information content (AvgIpc) is 3.08. The SMILES string of the molecule is O=C(O)C1CC1C(=O)NC1CCc2c(Br)cccc21. The Morgan fingerprint density at radius 3 is 2.79 bits per heavy atom. The van der Waals surface area contributed by atoms with E-state index < -0.39 is 11.9 Å². The molecule has 0 bridgehead atoms. The van der Waals surface area contributed by atoms with Crippen LogP contribution in [-0.4, -0.2) is 17.0 Å². The van der Waals surface area contributed by atoms with E-state index >= 15 is 0 Å². The number of carbonyl (C=O) groups is 2. The predicted molar refractivity (Wildman–Crippen MR) is 72.6 cm³/mol. The van der Waals surface area contributed by atoms with E-state index in [1.54, 1.807) is 0 Å². The van der Waals surface area contributed by atoms with Crippen molar-refractivity contribution in [2.45, 2.75) is 25.3 Å². The Morgan fingerprint density at radius 2 is 2.11 bits per heavy atom. The Bertz CT molecular complexity index is 558. The van der Waals surface area contributed by atoms with Gasteiger partial charge in [-0.25, -0.2) is 0 Å². The smallest absolute Gasteiger partial charge is 0.307 e. The van der Waals surface area contributed by atoms with E-state index in [0.29, 0.717) is 6.42 Å². The molecule has 1 amide bonds. The zero-order valence-corrected chi connectivity index (χ0v) is 11.8. The third-order valence-electron chi connectivity index (χ3n) is 3.97. The fourth-order valence-electron chi connectivity index (χ4n) is 2.80. The first-order valence-electron chi connectivity index (χ1n) is 6.38. The third-order valence-corrected chi connectivity index (χ3v) is 4.72. The quantitative estimate of drug-likeness (QED) is 0.896. The number of amides is 1. The first-order valence-corrected chi connectivity index (χ1v) is 7.17. The first-order chi connectivity index (χ1) is 9.08. The summed E-state index contributed by atoms with van der Waals surface area (Å²) in [5, 5.41) is 11.8. The molecule has 3 atom stereocenters. The van der Waals surface area contributed by atoms with Gasteiger partial charge >= 0.3 is 5.97 Å². The summed E-state index contributed by atoms with van der Waals surface area (Å²) in [7, 11) is 0. The average molecular weight is 324 g/mol. The van der Waals surface area contributed by atoms with Crippen LogP contribution in [0.5, 0.6) is 0 Å². The van der Waals surface area contributed by atoms with Crippen LogP contribution in [0.1, 0.15) is 30.0 Å². The fraction of sp³-hybridized carbons (Fsp3) is 0.429. The van der Waals surface area contributed by atoms with Gasteiger partial charge < -0.3 is 10.4 Å². The Morgan fingerprint density at radius 1 is 1.32 bits per heavy atom. The summed E-state index contributed by atoms with van der Waals surface area (Å²) in [4.78, 5) is 22.8. The molecule has 1 aromatic carbocycles. The first kappa shape index (κ1) is 12.7. The van der Waals surface area contributed by atoms with Gasteiger partial charge in [-0.15, -0.1) is 0 Å². The largest absolute Gasteiger partial charge is 0.481 e. The van der Waals surface area contributed by atoms with Gasteiger partial charge in [0.05, 0.1) is 17.9 Å². The molecular weight excluding hydrogens is 310 g/mol. The molecule has 1 aromatic rings. The van der Waals surface area contributed by atoms with Gasteiger partial charge in [-0.2, -0.15) is 0 Å². The van der Waals surface area contributed by atoms with Gasteiger partial charge in [0.1, 0.15) is 0 Å². The van der Waals surface area contributed by atoms with E-state index in [2.05, 4.69) is 21.2 Å². The van der Waals surface area contributed by atoms with Gasteiger partial charge in [0.25, 0.3) is 0 Å². The standard InChI is InChI=1S/C14H14BrNO3/c15-11-3-1-2-8-7(11)4-5-12(8)16-13(17)9-6-10(9)14(18)19/h1-3,9-10,12H,4-6H2,(H,16,17)(H,18,19). The molecule has 2 N–H and O–H groups in total. The summed E-state index contributed by atoms with van der Waals surface area (Å²) in [5.41, 5.74) is 2.40. The Labute approximate surface area is 119 Å². The molecule has 0 aromatic heterocycles. The van der Waals surface area contributed by atoms with Crippen molar-refractivity contribution < 1.29 is 14.7 Å². The summed E-state index contributed by atoms with van der Waals surface area (Å²) in [6.45, 7) is 0. The molecule has 5 heteroatoms. The van der Waals surface area contributed by atoms with Gasteiger partial charge in [-0.05, 0) is 36.5 Å². The second kappa shape index (κ2) is 4.63. The Kier molecular flexibility index (Phi) is 3.09. The van der Waals surface area contributed by atoms with Crippen molar-refractivity contribution in [3.8, 4) is 0 Å². The highest BCUT2D eigenvalue weighted by atomic mass is 79.9. The van der Waals surface area contributed by atoms with Crippen LogP contribution in [0.3, 0.4) is 0 Å². The second-order valence-corrected chi connectivity index (χ2v) is 6.05. The number of carboxylic acids is 1. The molecular formula is C14H14BrNO3. The molecule has 3 rings (SSSR count). The van der Waals surface area contributed by atoms with Crippen LogP contribution >= 0.6 is 15.9 Å². The van der Waals surface area contributed by atoms with Crippen molar-refractivity contribution in [2.24, 2.45) is 11.8 Å². The molecule has 4 nitrogen and oxygen atoms in total. The molecule has 1 fully saturated rings. The number of nitrogens with one attached hydrogen (secondary N) is 1. The summed E-state index contributed by atoms with van der Waals surface area (Å²) >= 11 is 3.52. The lowest BCUT2D eigenvalue weighted by molar-refractivity contribution is -0.140. The van der Waals surface area contributed by atoms with Gasteiger partial charge in [0.2, 0.25) is 5.91 Å². The van der Waals surface area contributed by atoms with Crippen LogP contribution in [0.15, 0.2) is 22.7 Å². The molecule has 100 valence electrons. The summed E-state index contributed by atoms with van der Waals surface area (Å²) in [6.07, 6.45) is 2.29. The molecule has 0 saturated heterocycles. The van der Waals surface area contributed by atoms with E-state index in [4.69, 9.17) is 5.11 Å². The molecule has 19 heavy (non-hydrogen) atoms. The topological polar surface area (TPSA) is 66.4 Å². The van der Waals surface area contributed by atoms with Crippen molar-refractivity contribution in [3.63, 3.8) is 0 Å². The minimum absolute atomic E-state index is 0.0232. The highest BCUT2D eigenvalue weighted by Crippen LogP contribution is 2.41. The number of benzene rings is 1. The van der Waals surface area contributed by atoms with Crippen molar-refractivity contribution in [2.75, 3.05) is 0 Å². The molecule has 0 heterocycles. The van der Waals surface area contributed by atoms with E-state index in [-0.39, 0.29) is 17.9 Å². The minimum Gasteiger partial charge on any atom is -0.481 e. The number of rotatable bonds is 3. The highest BCUT2D eigenvalue weighted by Gasteiger charge is 2.48. The maximum absolute atomic E-state index is 12.0. The van der Waals surface area contributed by atoms with Crippen molar-refractivity contribution in [1.29, 1.82) is 0 Å². The van der Waals surface area contributed by atoms with Gasteiger partial charge in [-0.3, -0.25) is 9.59 Å². The number of carboxylic acid groups (broad SMARTS) is 1. The number of hydrogen-bond acceptors (Lipinski definition) is 2. The Hall–Kier alpha value is -1.36. The van der Waals surface area contributed by atoms with Crippen molar-refractivity contribution >= 4 is 27.8 Å². The van der Waals surface area contributed by atoms with E-state index in [9.17, 15) is 9.59 Å². The molecule has 3 unspecified atom stereocenters. The molecule has 0 aliphatic heterocycles. The number of aliphatic carboxylic acids is 1. The van der Waals surface area contributed by atoms with Crippen LogP contribution in [-0.2, 0) is 16.0 Å². The minimum atomic E-state index is -0.866. The van der Waals surface area contributed by atoms with Crippen LogP contribution < -0.4 is 5.32 Å². The van der Waals surface area contributed by atoms with Crippen molar-refractivity contribution in [1.82, 2.24) is 5.32 Å². The number of hydrogen-bond donors (Lipinski definition) is 2. The number of carbonyl (C=O) groups excluding carboxylic acids is 1. The highest BCUT2D eigenvalue weighted by molar-refractivity contribution is 9.10. The molecule has 2 aliphatic carbocycles. The van der Waals surface area contributed by atoms with Crippen LogP contribution in [0, 0.1) is 11.8 Å². The normalized spacial score (nSPS) is 27.7. The number of fused-ring (bicyclic) bond motifs is 1. The maximum atomic E-state index is 12.0. The molecule has 0 spiro atoms. The zero-order valence-electron chi connectivity index (χ0n) is 10.2. The van der Waals surface area contributed by atoms with Crippen LogP contribution in [0.2, 0.25) is 0 Å². The molecule has 1 saturated carbocycles. The van der Waals surface area contributed by atoms with Crippen LogP contribution in [0.4, 0.5) is 0 Å². The lowest BCUT2D eigenvalue weighted by Gasteiger charge is -2.14. The monoisotopic (exact) mass is 323 g/mol. The summed E-state index contributed by atoms with van der Waals surface area (Å²) < 4.78 is 1.08. The summed E-state index contributed by atoms with van der Waals surface area (Å²) in [6, 6.07) is 6.02. The van der Waals surface area contributed by atoms with E-state index in [1.807, 2.05) is 18.2 Å². The van der Waals surface area contributed by atoms with Gasteiger partial charge in [0, 0.05) is 4.47 Å². The summed E-state index contributed by atoms with van der Waals surface area (Å²) in [5.74, 6) is -1.81. The van der Waals surface area contributed by atoms with Gasteiger partial charge in [-0.1, -0.05) is 28.1 Å². The molecule has 2 aliphatic rings. The van der Waals surface area contributed by atoms with Crippen molar-refractivity contribution in [3.05, 3.63) is 33.8 Å². The maximum Gasteiger partial charge on any atom is 0.307 e. The van der Waals surface area contributed by atoms with E-state index in [0.717, 1.165) is 22.9 Å². The predicted octanol–water partition coefficient (Wildman–Crippen LogP) is 2.27. The molecule has 0 radical (unpaired) electrons. The lowest BCUT2D eigenvalue weighted by atomic mass is 10.1. The van der Waals surface area contributed by atoms with Gasteiger partial charge in [0.15, 0.2) is 0 Å².